The molecule has 9 nitrogen and oxygen atoms in total. The van der Waals surface area contributed by atoms with E-state index in [4.69, 9.17) is 18.9 Å². The maximum atomic E-state index is 12.8. The van der Waals surface area contributed by atoms with E-state index in [0.717, 1.165) is 116 Å². The predicted octanol–water partition coefficient (Wildman–Crippen LogP) is 15.0. The third kappa shape index (κ3) is 49.9. The van der Waals surface area contributed by atoms with E-state index in [9.17, 15) is 19.5 Å². The number of carbonyl (C=O) groups excluding carboxylic acids is 2. The molecule has 0 amide bonds. The van der Waals surface area contributed by atoms with Crippen molar-refractivity contribution >= 4 is 17.9 Å². The van der Waals surface area contributed by atoms with Gasteiger partial charge in [-0.2, -0.15) is 0 Å². The van der Waals surface area contributed by atoms with Gasteiger partial charge in [-0.3, -0.25) is 9.59 Å². The van der Waals surface area contributed by atoms with E-state index in [1.54, 1.807) is 0 Å². The molecule has 0 fully saturated rings. The molecule has 1 N–H and O–H groups in total. The molecule has 0 heterocycles. The molecule has 0 aliphatic heterocycles. The van der Waals surface area contributed by atoms with Crippen molar-refractivity contribution in [3.63, 3.8) is 0 Å². The average Bonchev–Trinajstić information content (AvgIpc) is 3.29. The average molecular weight is 937 g/mol. The number of allylic oxidation sites excluding steroid dienone is 16. The zero-order chi connectivity index (χ0) is 49.2. The monoisotopic (exact) mass is 937 g/mol. The van der Waals surface area contributed by atoms with Crippen molar-refractivity contribution in [3.8, 4) is 0 Å². The van der Waals surface area contributed by atoms with E-state index < -0.39 is 24.3 Å². The summed E-state index contributed by atoms with van der Waals surface area (Å²) in [4.78, 5) is 37.3. The number of quaternary nitrogens is 1. The Hall–Kier alpha value is -3.79. The van der Waals surface area contributed by atoms with Gasteiger partial charge in [-0.15, -0.1) is 0 Å². The summed E-state index contributed by atoms with van der Waals surface area (Å²) in [6.07, 6.45) is 61.9. The maximum Gasteiger partial charge on any atom is 0.361 e. The highest BCUT2D eigenvalue weighted by Gasteiger charge is 2.25. The third-order valence-electron chi connectivity index (χ3n) is 10.8. The quantitative estimate of drug-likeness (QED) is 0.0211. The number of rotatable bonds is 47. The molecule has 0 aliphatic rings. The molecule has 0 saturated carbocycles. The van der Waals surface area contributed by atoms with Crippen LogP contribution in [0.2, 0.25) is 0 Å². The van der Waals surface area contributed by atoms with E-state index in [-0.39, 0.29) is 38.6 Å². The first-order chi connectivity index (χ1) is 32.6. The summed E-state index contributed by atoms with van der Waals surface area (Å²) in [6.45, 7) is 4.61. The number of ether oxygens (including phenoxy) is 4. The van der Waals surface area contributed by atoms with Gasteiger partial charge in [0.1, 0.15) is 13.2 Å². The fraction of sp³-hybridized carbons (Fsp3) is 0.672. The van der Waals surface area contributed by atoms with Gasteiger partial charge in [-0.1, -0.05) is 188 Å². The molecular formula is C58H98NO8+. The highest BCUT2D eigenvalue weighted by atomic mass is 16.7. The summed E-state index contributed by atoms with van der Waals surface area (Å²) in [7, 11) is 5.95. The van der Waals surface area contributed by atoms with Crippen LogP contribution in [0.1, 0.15) is 194 Å². The smallest absolute Gasteiger partial charge is 0.361 e. The Kier molecular flexibility index (Phi) is 45.9. The van der Waals surface area contributed by atoms with Gasteiger partial charge in [-0.05, 0) is 89.9 Å². The summed E-state index contributed by atoms with van der Waals surface area (Å²) < 4.78 is 22.8. The van der Waals surface area contributed by atoms with Gasteiger partial charge in [0, 0.05) is 12.8 Å². The van der Waals surface area contributed by atoms with Crippen molar-refractivity contribution in [2.75, 3.05) is 47.5 Å². The molecule has 2 unspecified atom stereocenters. The van der Waals surface area contributed by atoms with Crippen LogP contribution in [0.15, 0.2) is 97.2 Å². The number of carboxylic acids is 1. The Morgan fingerprint density at radius 3 is 1.19 bits per heavy atom. The van der Waals surface area contributed by atoms with Crippen molar-refractivity contribution in [2.45, 2.75) is 206 Å². The van der Waals surface area contributed by atoms with Gasteiger partial charge in [0.05, 0.1) is 34.4 Å². The van der Waals surface area contributed by atoms with Crippen molar-refractivity contribution in [3.05, 3.63) is 97.2 Å². The Balaban J connectivity index is 4.30. The van der Waals surface area contributed by atoms with Crippen molar-refractivity contribution in [2.24, 2.45) is 0 Å². The Bertz CT molecular complexity index is 1420. The lowest BCUT2D eigenvalue weighted by atomic mass is 10.0. The summed E-state index contributed by atoms with van der Waals surface area (Å²) in [5.74, 6) is -2.04. The van der Waals surface area contributed by atoms with Gasteiger partial charge in [-0.25, -0.2) is 4.79 Å². The number of aliphatic carboxylic acids is 1. The van der Waals surface area contributed by atoms with E-state index in [1.165, 1.54) is 44.9 Å². The van der Waals surface area contributed by atoms with Gasteiger partial charge in [0.15, 0.2) is 6.10 Å². The Morgan fingerprint density at radius 2 is 0.806 bits per heavy atom. The van der Waals surface area contributed by atoms with Crippen molar-refractivity contribution in [1.29, 1.82) is 0 Å². The second-order valence-corrected chi connectivity index (χ2v) is 18.4. The Morgan fingerprint density at radius 1 is 0.448 bits per heavy atom. The van der Waals surface area contributed by atoms with E-state index in [1.807, 2.05) is 21.1 Å². The molecule has 0 rings (SSSR count). The van der Waals surface area contributed by atoms with E-state index in [2.05, 4.69) is 111 Å². The van der Waals surface area contributed by atoms with Gasteiger partial charge in [0.25, 0.3) is 6.29 Å². The van der Waals surface area contributed by atoms with Crippen LogP contribution in [0.25, 0.3) is 0 Å². The number of carbonyl (C=O) groups is 3. The first-order valence-electron chi connectivity index (χ1n) is 26.4. The van der Waals surface area contributed by atoms with Crippen LogP contribution in [-0.4, -0.2) is 87.4 Å². The fourth-order valence-corrected chi connectivity index (χ4v) is 6.82. The summed E-state index contributed by atoms with van der Waals surface area (Å²) in [6, 6.07) is 0. The second kappa shape index (κ2) is 48.7. The molecule has 0 saturated heterocycles. The lowest BCUT2D eigenvalue weighted by Gasteiger charge is -2.25. The molecule has 0 aromatic heterocycles. The minimum atomic E-state index is -1.52. The molecular weight excluding hydrogens is 839 g/mol. The van der Waals surface area contributed by atoms with Crippen molar-refractivity contribution < 1.29 is 42.9 Å². The van der Waals surface area contributed by atoms with Gasteiger partial charge >= 0.3 is 17.9 Å². The largest absolute Gasteiger partial charge is 0.477 e. The zero-order valence-corrected chi connectivity index (χ0v) is 43.3. The summed E-state index contributed by atoms with van der Waals surface area (Å²) >= 11 is 0. The predicted molar refractivity (Wildman–Crippen MR) is 281 cm³/mol. The Labute approximate surface area is 410 Å². The lowest BCUT2D eigenvalue weighted by molar-refractivity contribution is -0.870. The SMILES string of the molecule is CC/C=C\C/C=C\C/C=C\C/C=C\C/C=C\CCCCCCCCCCCCCC(=O)OC(COC(=O)CCCCCCC/C=C\C/C=C\C/C=C\CC)COC(OCC[N+](C)(C)C)C(=O)O. The number of carboxylic acid groups (broad SMARTS) is 1. The topological polar surface area (TPSA) is 108 Å². The first kappa shape index (κ1) is 63.2. The van der Waals surface area contributed by atoms with Crippen LogP contribution >= 0.6 is 0 Å². The normalized spacial score (nSPS) is 13.6. The molecule has 9 heteroatoms. The molecule has 0 spiro atoms. The van der Waals surface area contributed by atoms with Crippen LogP contribution < -0.4 is 0 Å². The van der Waals surface area contributed by atoms with E-state index in [0.29, 0.717) is 17.4 Å². The molecule has 67 heavy (non-hydrogen) atoms. The highest BCUT2D eigenvalue weighted by molar-refractivity contribution is 5.71. The van der Waals surface area contributed by atoms with Crippen LogP contribution in [-0.2, 0) is 33.3 Å². The van der Waals surface area contributed by atoms with Crippen LogP contribution in [0.4, 0.5) is 0 Å². The third-order valence-corrected chi connectivity index (χ3v) is 10.8. The summed E-state index contributed by atoms with van der Waals surface area (Å²) in [5, 5.41) is 9.68. The van der Waals surface area contributed by atoms with Crippen LogP contribution in [0, 0.1) is 0 Å². The number of esters is 2. The molecule has 2 atom stereocenters. The first-order valence-corrected chi connectivity index (χ1v) is 26.4. The maximum absolute atomic E-state index is 12.8. The summed E-state index contributed by atoms with van der Waals surface area (Å²) in [5.41, 5.74) is 0. The minimum absolute atomic E-state index is 0.179. The van der Waals surface area contributed by atoms with Crippen molar-refractivity contribution in [1.82, 2.24) is 0 Å². The number of likely N-dealkylation sites (N-methyl/N-ethyl adjacent to an activating group) is 1. The zero-order valence-electron chi connectivity index (χ0n) is 43.3. The molecule has 0 aromatic carbocycles. The molecule has 0 radical (unpaired) electrons. The van der Waals surface area contributed by atoms with E-state index >= 15 is 0 Å². The molecule has 382 valence electrons. The van der Waals surface area contributed by atoms with Crippen LogP contribution in [0.3, 0.4) is 0 Å². The lowest BCUT2D eigenvalue weighted by Crippen LogP contribution is -2.40. The number of unbranched alkanes of at least 4 members (excludes halogenated alkanes) is 16. The molecule has 0 aromatic rings. The van der Waals surface area contributed by atoms with Gasteiger partial charge in [0.2, 0.25) is 0 Å². The number of hydrogen-bond donors (Lipinski definition) is 1. The minimum Gasteiger partial charge on any atom is -0.477 e. The standard InChI is InChI=1S/C58H97NO8/c1-6-8-10-12-14-16-18-20-22-23-24-25-26-27-28-29-30-31-32-33-35-37-39-41-43-45-47-49-56(61)67-54(53-66-58(57(62)63)64-51-50-59(3,4)5)52-65-55(60)48-46-44-42-40-38-36-34-21-19-17-15-13-11-9-7-2/h8-11,14-17,20-22,24-25,27-28,34,54,58H,6-7,12-13,18-19,23,26,29-33,35-53H2,1-5H3/p+1/b10-8-,11-9-,16-14-,17-15-,22-20-,25-24-,28-27-,34-21-. The van der Waals surface area contributed by atoms with Crippen LogP contribution in [0.5, 0.6) is 0 Å². The molecule has 0 bridgehead atoms. The second-order valence-electron chi connectivity index (χ2n) is 18.4. The number of hydrogen-bond acceptors (Lipinski definition) is 7. The molecule has 0 aliphatic carbocycles. The van der Waals surface area contributed by atoms with Gasteiger partial charge < -0.3 is 28.5 Å². The highest BCUT2D eigenvalue weighted by Crippen LogP contribution is 2.14. The number of nitrogens with zero attached hydrogens (tertiary/aromatic N) is 1. The fourth-order valence-electron chi connectivity index (χ4n) is 6.82.